The van der Waals surface area contributed by atoms with E-state index in [2.05, 4.69) is 9.72 Å². The van der Waals surface area contributed by atoms with Crippen molar-refractivity contribution in [2.45, 2.75) is 13.1 Å². The van der Waals surface area contributed by atoms with E-state index >= 15 is 0 Å². The fourth-order valence-corrected chi connectivity index (χ4v) is 0.998. The minimum absolute atomic E-state index is 0.0839. The second-order valence-corrected chi connectivity index (χ2v) is 2.81. The zero-order chi connectivity index (χ0) is 12.3. The molecular formula is C9H8F3NO3. The first kappa shape index (κ1) is 12.3. The van der Waals surface area contributed by atoms with E-state index in [1.807, 2.05) is 0 Å². The van der Waals surface area contributed by atoms with Gasteiger partial charge in [0.15, 0.2) is 5.69 Å². The Bertz CT molecular complexity index is 403. The number of carbonyl (C=O) groups excluding carboxylic acids is 1. The third-order valence-corrected chi connectivity index (χ3v) is 1.65. The first-order valence-corrected chi connectivity index (χ1v) is 4.29. The van der Waals surface area contributed by atoms with Crippen LogP contribution < -0.4 is 0 Å². The van der Waals surface area contributed by atoms with Gasteiger partial charge in [0.05, 0.1) is 12.2 Å². The van der Waals surface area contributed by atoms with Gasteiger partial charge in [-0.2, -0.15) is 13.2 Å². The Morgan fingerprint density at radius 1 is 1.56 bits per heavy atom. The molecule has 16 heavy (non-hydrogen) atoms. The fraction of sp³-hybridized carbons (Fsp3) is 0.333. The van der Waals surface area contributed by atoms with Gasteiger partial charge in [0, 0.05) is 6.20 Å². The van der Waals surface area contributed by atoms with E-state index in [1.165, 1.54) is 0 Å². The Labute approximate surface area is 88.7 Å². The molecular weight excluding hydrogens is 227 g/mol. The van der Waals surface area contributed by atoms with Crippen molar-refractivity contribution in [1.82, 2.24) is 4.98 Å². The zero-order valence-corrected chi connectivity index (χ0v) is 8.21. The Hall–Kier alpha value is -1.79. The molecule has 0 fully saturated rings. The number of aromatic hydroxyl groups is 1. The normalized spacial score (nSPS) is 11.2. The molecule has 0 saturated heterocycles. The average Bonchev–Trinajstić information content (AvgIpc) is 2.16. The summed E-state index contributed by atoms with van der Waals surface area (Å²) in [7, 11) is 0. The number of nitrogens with zero attached hydrogens (tertiary/aromatic N) is 1. The van der Waals surface area contributed by atoms with E-state index in [4.69, 9.17) is 5.11 Å². The van der Waals surface area contributed by atoms with Crippen LogP contribution in [0.3, 0.4) is 0 Å². The smallest absolute Gasteiger partial charge is 0.437 e. The van der Waals surface area contributed by atoms with Crippen LogP contribution in [-0.2, 0) is 10.9 Å². The fourth-order valence-electron chi connectivity index (χ4n) is 0.998. The summed E-state index contributed by atoms with van der Waals surface area (Å²) in [5.74, 6) is -1.93. The maximum absolute atomic E-state index is 12.2. The first-order chi connectivity index (χ1) is 7.36. The van der Waals surface area contributed by atoms with Crippen LogP contribution in [0.25, 0.3) is 0 Å². The molecule has 0 amide bonds. The lowest BCUT2D eigenvalue weighted by atomic mass is 10.2. The van der Waals surface area contributed by atoms with Gasteiger partial charge in [0.1, 0.15) is 5.75 Å². The Morgan fingerprint density at radius 3 is 2.62 bits per heavy atom. The van der Waals surface area contributed by atoms with Crippen molar-refractivity contribution in [3.8, 4) is 5.75 Å². The Balaban J connectivity index is 3.05. The number of aromatic nitrogens is 1. The average molecular weight is 235 g/mol. The molecule has 0 aliphatic rings. The van der Waals surface area contributed by atoms with Crippen LogP contribution in [0.5, 0.6) is 5.75 Å². The Morgan fingerprint density at radius 2 is 2.19 bits per heavy atom. The lowest BCUT2D eigenvalue weighted by Crippen LogP contribution is -2.11. The van der Waals surface area contributed by atoms with Gasteiger partial charge < -0.3 is 9.84 Å². The second-order valence-electron chi connectivity index (χ2n) is 2.81. The molecule has 0 unspecified atom stereocenters. The van der Waals surface area contributed by atoms with Gasteiger partial charge in [-0.15, -0.1) is 0 Å². The van der Waals surface area contributed by atoms with Crippen molar-refractivity contribution >= 4 is 5.97 Å². The minimum Gasteiger partial charge on any atom is -0.506 e. The van der Waals surface area contributed by atoms with Crippen LogP contribution in [0.2, 0.25) is 0 Å². The predicted molar refractivity (Wildman–Crippen MR) is 46.9 cm³/mol. The van der Waals surface area contributed by atoms with E-state index in [1.54, 1.807) is 6.92 Å². The molecule has 7 heteroatoms. The second kappa shape index (κ2) is 4.38. The van der Waals surface area contributed by atoms with Crippen molar-refractivity contribution < 1.29 is 27.8 Å². The molecule has 1 aromatic rings. The van der Waals surface area contributed by atoms with Crippen LogP contribution in [0.4, 0.5) is 13.2 Å². The minimum atomic E-state index is -4.75. The molecule has 0 radical (unpaired) electrons. The van der Waals surface area contributed by atoms with Crippen molar-refractivity contribution in [3.05, 3.63) is 23.5 Å². The van der Waals surface area contributed by atoms with Crippen molar-refractivity contribution in [2.24, 2.45) is 0 Å². The highest BCUT2D eigenvalue weighted by atomic mass is 19.4. The summed E-state index contributed by atoms with van der Waals surface area (Å²) in [6.07, 6.45) is -4.04. The van der Waals surface area contributed by atoms with Crippen LogP contribution in [0.1, 0.15) is 23.0 Å². The van der Waals surface area contributed by atoms with Crippen molar-refractivity contribution in [1.29, 1.82) is 0 Å². The topological polar surface area (TPSA) is 59.4 Å². The number of carbonyl (C=O) groups is 1. The van der Waals surface area contributed by atoms with E-state index < -0.39 is 23.6 Å². The molecule has 0 aliphatic carbocycles. The lowest BCUT2D eigenvalue weighted by molar-refractivity contribution is -0.142. The number of hydrogen-bond acceptors (Lipinski definition) is 4. The van der Waals surface area contributed by atoms with E-state index in [0.29, 0.717) is 12.3 Å². The number of halogens is 3. The molecule has 4 nitrogen and oxygen atoms in total. The molecule has 1 N–H and O–H groups in total. The summed E-state index contributed by atoms with van der Waals surface area (Å²) in [5, 5.41) is 9.05. The SMILES string of the molecule is CCOC(=O)c1cnc(C(F)(F)F)c(O)c1. The summed E-state index contributed by atoms with van der Waals surface area (Å²) in [6.45, 7) is 1.63. The maximum Gasteiger partial charge on any atom is 0.437 e. The van der Waals surface area contributed by atoms with Gasteiger partial charge in [0.2, 0.25) is 0 Å². The highest BCUT2D eigenvalue weighted by Crippen LogP contribution is 2.33. The van der Waals surface area contributed by atoms with Gasteiger partial charge in [-0.25, -0.2) is 9.78 Å². The van der Waals surface area contributed by atoms with Crippen LogP contribution >= 0.6 is 0 Å². The van der Waals surface area contributed by atoms with Crippen molar-refractivity contribution in [3.63, 3.8) is 0 Å². The number of ether oxygens (including phenoxy) is 1. The van der Waals surface area contributed by atoms with E-state index in [9.17, 15) is 18.0 Å². The molecule has 1 heterocycles. The molecule has 0 saturated carbocycles. The van der Waals surface area contributed by atoms with Crippen LogP contribution in [0, 0.1) is 0 Å². The van der Waals surface area contributed by atoms with Gasteiger partial charge >= 0.3 is 12.1 Å². The standard InChI is InChI=1S/C9H8F3NO3/c1-2-16-8(15)5-3-6(14)7(13-4-5)9(10,11)12/h3-4,14H,2H2,1H3. The number of pyridine rings is 1. The number of esters is 1. The Kier molecular flexibility index (Phi) is 3.36. The molecule has 0 bridgehead atoms. The van der Waals surface area contributed by atoms with Crippen molar-refractivity contribution in [2.75, 3.05) is 6.61 Å². The third-order valence-electron chi connectivity index (χ3n) is 1.65. The molecule has 0 aliphatic heterocycles. The largest absolute Gasteiger partial charge is 0.506 e. The highest BCUT2D eigenvalue weighted by molar-refractivity contribution is 5.89. The predicted octanol–water partition coefficient (Wildman–Crippen LogP) is 1.98. The summed E-state index contributed by atoms with van der Waals surface area (Å²) in [4.78, 5) is 14.1. The van der Waals surface area contributed by atoms with E-state index in [0.717, 1.165) is 0 Å². The molecule has 1 aromatic heterocycles. The summed E-state index contributed by atoms with van der Waals surface area (Å²) in [5.41, 5.74) is -1.66. The molecule has 88 valence electrons. The zero-order valence-electron chi connectivity index (χ0n) is 8.21. The highest BCUT2D eigenvalue weighted by Gasteiger charge is 2.36. The summed E-state index contributed by atoms with van der Waals surface area (Å²) in [6, 6.07) is 0.674. The van der Waals surface area contributed by atoms with Crippen LogP contribution in [-0.4, -0.2) is 22.7 Å². The van der Waals surface area contributed by atoms with Gasteiger partial charge in [-0.3, -0.25) is 0 Å². The van der Waals surface area contributed by atoms with Gasteiger partial charge in [0.25, 0.3) is 0 Å². The van der Waals surface area contributed by atoms with E-state index in [-0.39, 0.29) is 12.2 Å². The number of hydrogen-bond donors (Lipinski definition) is 1. The monoisotopic (exact) mass is 235 g/mol. The number of rotatable bonds is 2. The van der Waals surface area contributed by atoms with Crippen LogP contribution in [0.15, 0.2) is 12.3 Å². The summed E-state index contributed by atoms with van der Waals surface area (Å²) >= 11 is 0. The lowest BCUT2D eigenvalue weighted by Gasteiger charge is -2.08. The first-order valence-electron chi connectivity index (χ1n) is 4.29. The summed E-state index contributed by atoms with van der Waals surface area (Å²) < 4.78 is 41.1. The quantitative estimate of drug-likeness (QED) is 0.796. The van der Waals surface area contributed by atoms with Gasteiger partial charge in [-0.05, 0) is 13.0 Å². The molecule has 1 rings (SSSR count). The van der Waals surface area contributed by atoms with Gasteiger partial charge in [-0.1, -0.05) is 0 Å². The molecule has 0 atom stereocenters. The molecule has 0 aromatic carbocycles. The number of alkyl halides is 3. The third kappa shape index (κ3) is 2.62. The molecule has 0 spiro atoms. The maximum atomic E-state index is 12.2.